The summed E-state index contributed by atoms with van der Waals surface area (Å²) in [6.45, 7) is -0.514. The number of aliphatic hydroxyl groups is 4. The monoisotopic (exact) mass is 437 g/mol. The summed E-state index contributed by atoms with van der Waals surface area (Å²) in [6, 6.07) is 8.27. The first-order valence-electron chi connectivity index (χ1n) is 9.05. The molecule has 3 aromatic rings. The molecule has 0 amide bonds. The summed E-state index contributed by atoms with van der Waals surface area (Å²) < 4.78 is 20.0. The summed E-state index contributed by atoms with van der Waals surface area (Å²) in [5.41, 5.74) is 0.833. The number of thiophene rings is 1. The van der Waals surface area contributed by atoms with Gasteiger partial charge in [0.05, 0.1) is 16.5 Å². The average molecular weight is 438 g/mol. The summed E-state index contributed by atoms with van der Waals surface area (Å²) in [5, 5.41) is 42.4. The first-order valence-corrected chi connectivity index (χ1v) is 10.7. The van der Waals surface area contributed by atoms with Gasteiger partial charge in [-0.25, -0.2) is 9.37 Å². The lowest BCUT2D eigenvalue weighted by Crippen LogP contribution is -2.55. The van der Waals surface area contributed by atoms with Gasteiger partial charge in [-0.3, -0.25) is 0 Å². The largest absolute Gasteiger partial charge is 0.394 e. The second-order valence-electron chi connectivity index (χ2n) is 6.87. The highest BCUT2D eigenvalue weighted by molar-refractivity contribution is 7.21. The van der Waals surface area contributed by atoms with Gasteiger partial charge in [0, 0.05) is 17.5 Å². The third-order valence-electron chi connectivity index (χ3n) is 4.95. The van der Waals surface area contributed by atoms with Crippen LogP contribution < -0.4 is 0 Å². The van der Waals surface area contributed by atoms with E-state index < -0.39 is 42.9 Å². The summed E-state index contributed by atoms with van der Waals surface area (Å²) in [6.07, 6.45) is -4.29. The molecule has 1 aromatic carbocycles. The molecule has 4 N–H and O–H groups in total. The topological polar surface area (TPSA) is 103 Å². The Morgan fingerprint density at radius 3 is 2.62 bits per heavy atom. The molecule has 4 rings (SSSR count). The number of benzene rings is 1. The number of aromatic nitrogens is 1. The number of halogens is 1. The smallest absolute Gasteiger partial charge is 0.126 e. The van der Waals surface area contributed by atoms with Crippen LogP contribution in [-0.4, -0.2) is 56.4 Å². The molecule has 0 radical (unpaired) electrons. The number of ether oxygens (including phenoxy) is 1. The Hall–Kier alpha value is -1.72. The Balaban J connectivity index is 1.58. The quantitative estimate of drug-likeness (QED) is 0.488. The van der Waals surface area contributed by atoms with E-state index in [9.17, 15) is 24.8 Å². The van der Waals surface area contributed by atoms with E-state index >= 15 is 0 Å². The van der Waals surface area contributed by atoms with Crippen LogP contribution in [0.3, 0.4) is 0 Å². The standard InChI is InChI=1S/C20H20FNO5S2/c21-12-4-3-10(20-19(26)18(25)17(24)13(9-23)27-20)6-11(12)7-16-22-8-15(29-16)14-2-1-5-28-14/h1-6,8,13,17-20,23-26H,7,9H2/t13-,17-,18+,19-,20+/m1/s1. The van der Waals surface area contributed by atoms with E-state index in [1.807, 2.05) is 17.5 Å². The molecule has 1 saturated heterocycles. The van der Waals surface area contributed by atoms with E-state index in [1.165, 1.54) is 23.5 Å². The minimum Gasteiger partial charge on any atom is -0.394 e. The molecule has 154 valence electrons. The van der Waals surface area contributed by atoms with E-state index in [4.69, 9.17) is 4.74 Å². The van der Waals surface area contributed by atoms with Gasteiger partial charge < -0.3 is 25.2 Å². The van der Waals surface area contributed by atoms with Gasteiger partial charge in [0.15, 0.2) is 0 Å². The fourth-order valence-corrected chi connectivity index (χ4v) is 5.13. The molecule has 0 saturated carbocycles. The number of thiazole rings is 1. The second-order valence-corrected chi connectivity index (χ2v) is 8.94. The Labute approximate surface area is 174 Å². The molecule has 5 atom stereocenters. The molecular formula is C20H20FNO5S2. The Kier molecular flexibility index (Phi) is 6.07. The molecule has 3 heterocycles. The summed E-state index contributed by atoms with van der Waals surface area (Å²) >= 11 is 3.10. The molecule has 29 heavy (non-hydrogen) atoms. The van der Waals surface area contributed by atoms with Crippen LogP contribution in [0.5, 0.6) is 0 Å². The van der Waals surface area contributed by atoms with Crippen LogP contribution in [-0.2, 0) is 11.2 Å². The molecule has 9 heteroatoms. The van der Waals surface area contributed by atoms with Crippen molar-refractivity contribution < 1.29 is 29.6 Å². The first kappa shape index (κ1) is 20.5. The predicted molar refractivity (Wildman–Crippen MR) is 107 cm³/mol. The lowest BCUT2D eigenvalue weighted by Gasteiger charge is -2.40. The maximum absolute atomic E-state index is 14.4. The van der Waals surface area contributed by atoms with Crippen molar-refractivity contribution in [1.82, 2.24) is 4.98 Å². The maximum Gasteiger partial charge on any atom is 0.126 e. The minimum absolute atomic E-state index is 0.271. The summed E-state index contributed by atoms with van der Waals surface area (Å²) in [5.74, 6) is -0.411. The molecule has 0 bridgehead atoms. The molecule has 6 nitrogen and oxygen atoms in total. The van der Waals surface area contributed by atoms with Crippen molar-refractivity contribution in [2.24, 2.45) is 0 Å². The zero-order valence-electron chi connectivity index (χ0n) is 15.2. The Morgan fingerprint density at radius 1 is 1.07 bits per heavy atom. The Bertz CT molecular complexity index is 962. The van der Waals surface area contributed by atoms with Crippen LogP contribution in [0.25, 0.3) is 9.75 Å². The van der Waals surface area contributed by atoms with Crippen molar-refractivity contribution in [3.63, 3.8) is 0 Å². The SMILES string of the molecule is OC[C@H]1O[C@@H](c2ccc(F)c(Cc3ncc(-c4cccs4)s3)c2)[C@H](O)[C@@H](O)[C@@H]1O. The number of rotatable bonds is 5. The van der Waals surface area contributed by atoms with Crippen molar-refractivity contribution in [3.05, 3.63) is 63.9 Å². The van der Waals surface area contributed by atoms with Crippen molar-refractivity contribution in [1.29, 1.82) is 0 Å². The van der Waals surface area contributed by atoms with Crippen LogP contribution in [0.15, 0.2) is 41.9 Å². The van der Waals surface area contributed by atoms with Crippen molar-refractivity contribution >= 4 is 22.7 Å². The van der Waals surface area contributed by atoms with Crippen molar-refractivity contribution in [2.75, 3.05) is 6.61 Å². The molecule has 1 fully saturated rings. The highest BCUT2D eigenvalue weighted by Gasteiger charge is 2.44. The van der Waals surface area contributed by atoms with Crippen molar-refractivity contribution in [3.8, 4) is 9.75 Å². The van der Waals surface area contributed by atoms with Crippen LogP contribution >= 0.6 is 22.7 Å². The summed E-state index contributed by atoms with van der Waals surface area (Å²) in [4.78, 5) is 6.50. The Morgan fingerprint density at radius 2 is 1.90 bits per heavy atom. The number of hydrogen-bond acceptors (Lipinski definition) is 8. The van der Waals surface area contributed by atoms with E-state index in [1.54, 1.807) is 23.6 Å². The highest BCUT2D eigenvalue weighted by Crippen LogP contribution is 2.34. The van der Waals surface area contributed by atoms with Gasteiger partial charge in [-0.15, -0.1) is 22.7 Å². The number of hydrogen-bond donors (Lipinski definition) is 4. The minimum atomic E-state index is -1.48. The van der Waals surface area contributed by atoms with E-state index in [0.717, 1.165) is 14.8 Å². The molecule has 1 aliphatic heterocycles. The number of nitrogens with zero attached hydrogens (tertiary/aromatic N) is 1. The van der Waals surface area contributed by atoms with Gasteiger partial charge >= 0.3 is 0 Å². The molecule has 1 aliphatic rings. The predicted octanol–water partition coefficient (Wildman–Crippen LogP) is 2.12. The van der Waals surface area contributed by atoms with E-state index in [2.05, 4.69) is 4.98 Å². The molecular weight excluding hydrogens is 417 g/mol. The lowest BCUT2D eigenvalue weighted by molar-refractivity contribution is -0.231. The van der Waals surface area contributed by atoms with Crippen LogP contribution in [0.1, 0.15) is 22.2 Å². The third-order valence-corrected chi connectivity index (χ3v) is 7.01. The molecule has 0 spiro atoms. The van der Waals surface area contributed by atoms with Gasteiger partial charge in [-0.05, 0) is 34.7 Å². The normalized spacial score (nSPS) is 27.3. The molecule has 2 aromatic heterocycles. The fourth-order valence-electron chi connectivity index (χ4n) is 3.37. The fraction of sp³-hybridized carbons (Fsp3) is 0.350. The maximum atomic E-state index is 14.4. The van der Waals surface area contributed by atoms with Gasteiger partial charge in [-0.2, -0.15) is 0 Å². The highest BCUT2D eigenvalue weighted by atomic mass is 32.1. The first-order chi connectivity index (χ1) is 14.0. The second kappa shape index (κ2) is 8.57. The summed E-state index contributed by atoms with van der Waals surface area (Å²) in [7, 11) is 0. The zero-order chi connectivity index (χ0) is 20.5. The third kappa shape index (κ3) is 4.13. The zero-order valence-corrected chi connectivity index (χ0v) is 16.8. The molecule has 0 unspecified atom stereocenters. The van der Waals surface area contributed by atoms with Gasteiger partial charge in [0.2, 0.25) is 0 Å². The van der Waals surface area contributed by atoms with Crippen LogP contribution in [0.4, 0.5) is 4.39 Å². The van der Waals surface area contributed by atoms with Gasteiger partial charge in [-0.1, -0.05) is 12.1 Å². The lowest BCUT2D eigenvalue weighted by atomic mass is 9.90. The van der Waals surface area contributed by atoms with Crippen LogP contribution in [0.2, 0.25) is 0 Å². The van der Waals surface area contributed by atoms with E-state index in [0.29, 0.717) is 11.1 Å². The van der Waals surface area contributed by atoms with Crippen molar-refractivity contribution in [2.45, 2.75) is 36.9 Å². The molecule has 0 aliphatic carbocycles. The van der Waals surface area contributed by atoms with E-state index in [-0.39, 0.29) is 6.42 Å². The number of aliphatic hydroxyl groups excluding tert-OH is 4. The van der Waals surface area contributed by atoms with Gasteiger partial charge in [0.25, 0.3) is 0 Å². The van der Waals surface area contributed by atoms with Gasteiger partial charge in [0.1, 0.15) is 36.3 Å². The van der Waals surface area contributed by atoms with Crippen LogP contribution in [0, 0.1) is 5.82 Å². The average Bonchev–Trinajstić information content (AvgIpc) is 3.40.